The molecule has 1 aromatic heterocycles. The van der Waals surface area contributed by atoms with Gasteiger partial charge in [0, 0.05) is 19.0 Å². The molecule has 1 aromatic rings. The molecule has 0 aliphatic heterocycles. The first kappa shape index (κ1) is 11.2. The molecule has 80 valence electrons. The Morgan fingerprint density at radius 1 is 1.64 bits per heavy atom. The third-order valence-corrected chi connectivity index (χ3v) is 2.88. The number of hydrogen-bond donors (Lipinski definition) is 1. The van der Waals surface area contributed by atoms with Crippen molar-refractivity contribution in [3.05, 3.63) is 18.0 Å². The Morgan fingerprint density at radius 2 is 2.29 bits per heavy atom. The van der Waals surface area contributed by atoms with Crippen LogP contribution < -0.4 is 5.73 Å². The number of aryl methyl sites for hydroxylation is 1. The van der Waals surface area contributed by atoms with Crippen LogP contribution in [0.5, 0.6) is 0 Å². The van der Waals surface area contributed by atoms with E-state index in [1.807, 2.05) is 6.92 Å². The van der Waals surface area contributed by atoms with Gasteiger partial charge in [-0.1, -0.05) is 0 Å². The average molecular weight is 217 g/mol. The smallest absolute Gasteiger partial charge is 0.149 e. The van der Waals surface area contributed by atoms with Gasteiger partial charge in [-0.05, 0) is 13.0 Å². The van der Waals surface area contributed by atoms with E-state index >= 15 is 0 Å². The monoisotopic (exact) mass is 217 g/mol. The van der Waals surface area contributed by atoms with Gasteiger partial charge in [0.15, 0.2) is 0 Å². The average Bonchev–Trinajstić information content (AvgIpc) is 2.47. The van der Waals surface area contributed by atoms with Crippen LogP contribution in [0.2, 0.25) is 0 Å². The molecule has 6 heteroatoms. The normalized spacial score (nSPS) is 14.2. The quantitative estimate of drug-likeness (QED) is 0.767. The molecule has 1 heterocycles. The zero-order chi connectivity index (χ0) is 10.8. The molecule has 14 heavy (non-hydrogen) atoms. The summed E-state index contributed by atoms with van der Waals surface area (Å²) in [5.74, 6) is -0.0430. The van der Waals surface area contributed by atoms with Crippen LogP contribution in [0.25, 0.3) is 0 Å². The van der Waals surface area contributed by atoms with Gasteiger partial charge < -0.3 is 5.73 Å². The van der Waals surface area contributed by atoms with Crippen LogP contribution in [0.3, 0.4) is 0 Å². The number of sulfone groups is 1. The lowest BCUT2D eigenvalue weighted by molar-refractivity contribution is 0.571. The summed E-state index contributed by atoms with van der Waals surface area (Å²) in [5.41, 5.74) is 6.52. The van der Waals surface area contributed by atoms with Crippen molar-refractivity contribution in [2.24, 2.45) is 5.73 Å². The van der Waals surface area contributed by atoms with Gasteiger partial charge in [0.05, 0.1) is 17.5 Å². The minimum atomic E-state index is -3.04. The summed E-state index contributed by atoms with van der Waals surface area (Å²) in [6.45, 7) is 2.63. The van der Waals surface area contributed by atoms with Crippen molar-refractivity contribution >= 4 is 9.84 Å². The lowest BCUT2D eigenvalue weighted by atomic mass is 10.2. The molecule has 0 radical (unpaired) electrons. The van der Waals surface area contributed by atoms with E-state index in [1.165, 1.54) is 6.26 Å². The highest BCUT2D eigenvalue weighted by atomic mass is 32.2. The van der Waals surface area contributed by atoms with Crippen molar-refractivity contribution in [2.75, 3.05) is 12.0 Å². The van der Waals surface area contributed by atoms with E-state index in [9.17, 15) is 8.42 Å². The van der Waals surface area contributed by atoms with E-state index in [1.54, 1.807) is 16.9 Å². The summed E-state index contributed by atoms with van der Waals surface area (Å²) < 4.78 is 23.8. The van der Waals surface area contributed by atoms with E-state index in [-0.39, 0.29) is 5.75 Å². The summed E-state index contributed by atoms with van der Waals surface area (Å²) in [6, 6.07) is 1.26. The summed E-state index contributed by atoms with van der Waals surface area (Å²) in [4.78, 5) is 0. The fourth-order valence-electron chi connectivity index (χ4n) is 1.33. The van der Waals surface area contributed by atoms with Crippen molar-refractivity contribution in [1.82, 2.24) is 9.78 Å². The molecule has 1 rings (SSSR count). The molecular formula is C8H15N3O2S. The lowest BCUT2D eigenvalue weighted by Gasteiger charge is -2.11. The molecule has 0 aliphatic rings. The van der Waals surface area contributed by atoms with Crippen molar-refractivity contribution < 1.29 is 8.42 Å². The Morgan fingerprint density at radius 3 is 2.79 bits per heavy atom. The highest BCUT2D eigenvalue weighted by Crippen LogP contribution is 2.11. The predicted octanol–water partition coefficient (Wildman–Crippen LogP) is -0.0526. The molecule has 0 bridgehead atoms. The zero-order valence-corrected chi connectivity index (χ0v) is 9.16. The second-order valence-corrected chi connectivity index (χ2v) is 5.46. The summed E-state index contributed by atoms with van der Waals surface area (Å²) in [6.07, 6.45) is 2.81. The van der Waals surface area contributed by atoms with Crippen LogP contribution in [-0.4, -0.2) is 30.2 Å². The maximum Gasteiger partial charge on any atom is 0.149 e. The van der Waals surface area contributed by atoms with Crippen LogP contribution in [0.15, 0.2) is 12.3 Å². The molecule has 0 fully saturated rings. The topological polar surface area (TPSA) is 78.0 Å². The maximum absolute atomic E-state index is 11.0. The summed E-state index contributed by atoms with van der Waals surface area (Å²) >= 11 is 0. The van der Waals surface area contributed by atoms with Gasteiger partial charge in [-0.15, -0.1) is 0 Å². The Bertz CT molecular complexity index is 396. The Kier molecular flexibility index (Phi) is 3.28. The van der Waals surface area contributed by atoms with Crippen molar-refractivity contribution in [3.8, 4) is 0 Å². The van der Waals surface area contributed by atoms with Crippen molar-refractivity contribution in [2.45, 2.75) is 19.5 Å². The molecule has 5 nitrogen and oxygen atoms in total. The van der Waals surface area contributed by atoms with Crippen LogP contribution in [0.1, 0.15) is 18.7 Å². The van der Waals surface area contributed by atoms with Gasteiger partial charge in [-0.2, -0.15) is 5.10 Å². The second-order valence-electron chi connectivity index (χ2n) is 3.27. The van der Waals surface area contributed by atoms with Gasteiger partial charge in [0.2, 0.25) is 0 Å². The van der Waals surface area contributed by atoms with Crippen LogP contribution in [0, 0.1) is 0 Å². The number of nitrogens with zero attached hydrogens (tertiary/aromatic N) is 2. The first-order chi connectivity index (χ1) is 6.44. The molecule has 0 spiro atoms. The molecule has 0 saturated heterocycles. The molecule has 1 unspecified atom stereocenters. The van der Waals surface area contributed by atoms with Gasteiger partial charge in [-0.25, -0.2) is 8.42 Å². The third kappa shape index (κ3) is 2.81. The first-order valence-electron chi connectivity index (χ1n) is 4.39. The Balaban J connectivity index is 2.84. The van der Waals surface area contributed by atoms with E-state index in [0.29, 0.717) is 6.54 Å². The van der Waals surface area contributed by atoms with Crippen LogP contribution in [0.4, 0.5) is 0 Å². The second kappa shape index (κ2) is 4.10. The standard InChI is InChI=1S/C8H15N3O2S/c1-3-11-8(4-5-10-11)7(9)6-14(2,12)13/h4-5,7H,3,6,9H2,1-2H3. The molecule has 0 aromatic carbocycles. The largest absolute Gasteiger partial charge is 0.322 e. The van der Waals surface area contributed by atoms with E-state index in [2.05, 4.69) is 5.10 Å². The van der Waals surface area contributed by atoms with Gasteiger partial charge in [0.1, 0.15) is 9.84 Å². The van der Waals surface area contributed by atoms with E-state index in [4.69, 9.17) is 5.73 Å². The van der Waals surface area contributed by atoms with Crippen LogP contribution in [-0.2, 0) is 16.4 Å². The highest BCUT2D eigenvalue weighted by molar-refractivity contribution is 7.90. The van der Waals surface area contributed by atoms with Gasteiger partial charge >= 0.3 is 0 Å². The van der Waals surface area contributed by atoms with E-state index in [0.717, 1.165) is 5.69 Å². The minimum absolute atomic E-state index is 0.0430. The van der Waals surface area contributed by atoms with Crippen molar-refractivity contribution in [1.29, 1.82) is 0 Å². The summed E-state index contributed by atoms with van der Waals surface area (Å²) in [5, 5.41) is 4.03. The van der Waals surface area contributed by atoms with Gasteiger partial charge in [-0.3, -0.25) is 4.68 Å². The number of aromatic nitrogens is 2. The highest BCUT2D eigenvalue weighted by Gasteiger charge is 2.16. The SMILES string of the molecule is CCn1nccc1C(N)CS(C)(=O)=O. The van der Waals surface area contributed by atoms with E-state index < -0.39 is 15.9 Å². The van der Waals surface area contributed by atoms with Crippen molar-refractivity contribution in [3.63, 3.8) is 0 Å². The maximum atomic E-state index is 11.0. The Hall–Kier alpha value is -0.880. The number of nitrogens with two attached hydrogens (primary N) is 1. The zero-order valence-electron chi connectivity index (χ0n) is 8.34. The molecule has 2 N–H and O–H groups in total. The van der Waals surface area contributed by atoms with Gasteiger partial charge in [0.25, 0.3) is 0 Å². The fraction of sp³-hybridized carbons (Fsp3) is 0.625. The molecule has 0 amide bonds. The first-order valence-corrected chi connectivity index (χ1v) is 6.45. The number of hydrogen-bond acceptors (Lipinski definition) is 4. The lowest BCUT2D eigenvalue weighted by Crippen LogP contribution is -2.23. The fourth-order valence-corrected chi connectivity index (χ4v) is 2.16. The molecule has 1 atom stereocenters. The summed E-state index contributed by atoms with van der Waals surface area (Å²) in [7, 11) is -3.04. The molecule has 0 aliphatic carbocycles. The van der Waals surface area contributed by atoms with Crippen LogP contribution >= 0.6 is 0 Å². The molecule has 0 saturated carbocycles. The molecular weight excluding hydrogens is 202 g/mol. The Labute approximate surface area is 83.8 Å². The predicted molar refractivity (Wildman–Crippen MR) is 54.5 cm³/mol. The third-order valence-electron chi connectivity index (χ3n) is 1.91. The number of rotatable bonds is 4. The minimum Gasteiger partial charge on any atom is -0.322 e.